The molecule has 1 saturated heterocycles. The molecule has 1 fully saturated rings. The molecule has 0 saturated carbocycles. The molecule has 0 N–H and O–H groups in total. The van der Waals surface area contributed by atoms with Crippen molar-refractivity contribution in [3.8, 4) is 0 Å². The van der Waals surface area contributed by atoms with Crippen molar-refractivity contribution in [1.82, 2.24) is 4.31 Å². The molecule has 4 atom stereocenters. The highest BCUT2D eigenvalue weighted by molar-refractivity contribution is 7.89. The second-order valence-electron chi connectivity index (χ2n) is 12.0. The molecule has 41 heavy (non-hydrogen) atoms. The molecular formula is C33H41NO5SSi. The summed E-state index contributed by atoms with van der Waals surface area (Å²) >= 11 is 0. The number of nitrogens with zero attached hydrogens (tertiary/aromatic N) is 1. The molecule has 0 aromatic heterocycles. The van der Waals surface area contributed by atoms with E-state index in [9.17, 15) is 13.2 Å². The van der Waals surface area contributed by atoms with Crippen LogP contribution in [0.2, 0.25) is 5.04 Å². The molecule has 0 aliphatic carbocycles. The number of carbonyl (C=O) groups excluding carboxylic acids is 1. The fourth-order valence-corrected chi connectivity index (χ4v) is 12.2. The second kappa shape index (κ2) is 12.0. The number of sulfonamides is 1. The molecule has 6 nitrogen and oxygen atoms in total. The number of rotatable bonds is 9. The van der Waals surface area contributed by atoms with Crippen LogP contribution in [0.5, 0.6) is 0 Å². The van der Waals surface area contributed by atoms with Crippen LogP contribution in [0.15, 0.2) is 102 Å². The number of hydrogen-bond donors (Lipinski definition) is 0. The largest absolute Gasteiger partial charge is 0.445 e. The Labute approximate surface area is 246 Å². The molecule has 0 spiro atoms. The van der Waals surface area contributed by atoms with E-state index in [0.29, 0.717) is 6.61 Å². The van der Waals surface area contributed by atoms with Gasteiger partial charge in [0.05, 0.1) is 10.9 Å². The SMILES string of the molecule is C=C[C@@H]1[C@H](C)[C@@H]([C@@H](C)CO[Si](c2ccccc2)(c2ccccc2)C(C)(C)C)OC(=O)N1S(=O)(=O)c1ccc(C)cc1. The highest BCUT2D eigenvalue weighted by Gasteiger charge is 2.52. The molecule has 3 aromatic rings. The van der Waals surface area contributed by atoms with Gasteiger partial charge in [-0.15, -0.1) is 6.58 Å². The van der Waals surface area contributed by atoms with Crippen molar-refractivity contribution in [3.63, 3.8) is 0 Å². The lowest BCUT2D eigenvalue weighted by Gasteiger charge is -2.46. The van der Waals surface area contributed by atoms with Crippen molar-refractivity contribution in [2.75, 3.05) is 6.61 Å². The van der Waals surface area contributed by atoms with Gasteiger partial charge in [-0.05, 0) is 34.5 Å². The quantitative estimate of drug-likeness (QED) is 0.229. The van der Waals surface area contributed by atoms with Gasteiger partial charge in [0.15, 0.2) is 0 Å². The topological polar surface area (TPSA) is 72.9 Å². The van der Waals surface area contributed by atoms with E-state index in [-0.39, 0.29) is 21.8 Å². The molecule has 0 radical (unpaired) electrons. The van der Waals surface area contributed by atoms with Gasteiger partial charge in [-0.2, -0.15) is 4.31 Å². The fourth-order valence-electron chi connectivity index (χ4n) is 5.95. The smallest absolute Gasteiger partial charge is 0.424 e. The molecule has 218 valence electrons. The zero-order chi connectivity index (χ0) is 30.0. The van der Waals surface area contributed by atoms with Gasteiger partial charge in [0.2, 0.25) is 0 Å². The third-order valence-corrected chi connectivity index (χ3v) is 14.9. The number of aryl methyl sites for hydroxylation is 1. The van der Waals surface area contributed by atoms with Crippen LogP contribution in [-0.2, 0) is 19.2 Å². The first kappa shape index (κ1) is 30.7. The lowest BCUT2D eigenvalue weighted by Crippen LogP contribution is -2.67. The Balaban J connectivity index is 1.64. The summed E-state index contributed by atoms with van der Waals surface area (Å²) in [6.45, 7) is 16.7. The maximum atomic E-state index is 13.5. The van der Waals surface area contributed by atoms with Gasteiger partial charge in [-0.1, -0.05) is 119 Å². The highest BCUT2D eigenvalue weighted by Crippen LogP contribution is 2.39. The normalized spacial score (nSPS) is 20.8. The fraction of sp³-hybridized carbons (Fsp3) is 0.364. The van der Waals surface area contributed by atoms with Crippen molar-refractivity contribution in [2.45, 2.75) is 63.6 Å². The number of carbonyl (C=O) groups is 1. The Kier molecular flexibility index (Phi) is 8.97. The Bertz CT molecular complexity index is 1410. The van der Waals surface area contributed by atoms with E-state index in [2.05, 4.69) is 51.6 Å². The minimum absolute atomic E-state index is 0.0422. The van der Waals surface area contributed by atoms with Crippen LogP contribution in [0.3, 0.4) is 0 Å². The summed E-state index contributed by atoms with van der Waals surface area (Å²) in [5.74, 6) is -0.551. The second-order valence-corrected chi connectivity index (χ2v) is 18.1. The molecule has 1 heterocycles. The number of hydrogen-bond acceptors (Lipinski definition) is 5. The molecule has 1 aliphatic heterocycles. The third kappa shape index (κ3) is 5.78. The van der Waals surface area contributed by atoms with Gasteiger partial charge in [-0.25, -0.2) is 13.2 Å². The highest BCUT2D eigenvalue weighted by atomic mass is 32.2. The predicted octanol–water partition coefficient (Wildman–Crippen LogP) is 5.91. The van der Waals surface area contributed by atoms with Crippen molar-refractivity contribution in [3.05, 3.63) is 103 Å². The Morgan fingerprint density at radius 1 is 0.976 bits per heavy atom. The lowest BCUT2D eigenvalue weighted by molar-refractivity contribution is -0.0356. The van der Waals surface area contributed by atoms with E-state index in [4.69, 9.17) is 9.16 Å². The monoisotopic (exact) mass is 591 g/mol. The van der Waals surface area contributed by atoms with E-state index in [1.54, 1.807) is 12.1 Å². The van der Waals surface area contributed by atoms with Crippen LogP contribution in [-0.4, -0.2) is 45.9 Å². The molecule has 3 aromatic carbocycles. The van der Waals surface area contributed by atoms with Crippen molar-refractivity contribution in [1.29, 1.82) is 0 Å². The van der Waals surface area contributed by atoms with E-state index in [1.807, 2.05) is 57.2 Å². The molecule has 0 bridgehead atoms. The summed E-state index contributed by atoms with van der Waals surface area (Å²) < 4.78 is 40.9. The summed E-state index contributed by atoms with van der Waals surface area (Å²) in [5.41, 5.74) is 0.925. The van der Waals surface area contributed by atoms with E-state index in [0.717, 1.165) is 9.87 Å². The summed E-state index contributed by atoms with van der Waals surface area (Å²) in [4.78, 5) is 13.4. The average molecular weight is 592 g/mol. The number of amides is 1. The Morgan fingerprint density at radius 3 is 1.95 bits per heavy atom. The van der Waals surface area contributed by atoms with Gasteiger partial charge in [0.25, 0.3) is 18.3 Å². The van der Waals surface area contributed by atoms with Gasteiger partial charge < -0.3 is 9.16 Å². The molecule has 0 unspecified atom stereocenters. The van der Waals surface area contributed by atoms with Crippen LogP contribution < -0.4 is 10.4 Å². The summed E-state index contributed by atoms with van der Waals surface area (Å²) in [7, 11) is -6.93. The number of benzene rings is 3. The zero-order valence-electron chi connectivity index (χ0n) is 24.8. The van der Waals surface area contributed by atoms with E-state index < -0.39 is 36.6 Å². The average Bonchev–Trinajstić information content (AvgIpc) is 2.94. The van der Waals surface area contributed by atoms with Crippen LogP contribution in [0.1, 0.15) is 40.2 Å². The number of cyclic esters (lactones) is 1. The molecule has 4 rings (SSSR count). The molecular weight excluding hydrogens is 551 g/mol. The van der Waals surface area contributed by atoms with Crippen molar-refractivity contribution >= 4 is 34.8 Å². The minimum Gasteiger partial charge on any atom is -0.445 e. The lowest BCUT2D eigenvalue weighted by atomic mass is 9.87. The maximum Gasteiger partial charge on any atom is 0.424 e. The molecule has 1 amide bonds. The van der Waals surface area contributed by atoms with Crippen molar-refractivity contribution < 1.29 is 22.4 Å². The van der Waals surface area contributed by atoms with Gasteiger partial charge >= 0.3 is 6.09 Å². The first-order valence-electron chi connectivity index (χ1n) is 14.0. The summed E-state index contributed by atoms with van der Waals surface area (Å²) in [6.07, 6.45) is 0.0727. The third-order valence-electron chi connectivity index (χ3n) is 8.10. The maximum absolute atomic E-state index is 13.5. The van der Waals surface area contributed by atoms with Gasteiger partial charge in [0, 0.05) is 18.4 Å². The molecule has 1 aliphatic rings. The van der Waals surface area contributed by atoms with Gasteiger partial charge in [0.1, 0.15) is 6.10 Å². The summed E-state index contributed by atoms with van der Waals surface area (Å²) in [5, 5.41) is 2.13. The Hall–Kier alpha value is -3.20. The van der Waals surface area contributed by atoms with E-state index >= 15 is 0 Å². The Morgan fingerprint density at radius 2 is 1.49 bits per heavy atom. The molecule has 8 heteroatoms. The standard InChI is InChI=1S/C33H41NO5SSi/c1-8-30-26(4)31(39-32(35)34(30)40(36,37)27-21-19-24(2)20-22-27)25(3)23-38-41(33(5,6)7,28-15-11-9-12-16-28)29-17-13-10-14-18-29/h8-22,25-26,30-31H,1,23H2,2-7H3/t25-,26-,30+,31+/m0/s1. The van der Waals surface area contributed by atoms with Crippen LogP contribution in [0.4, 0.5) is 4.79 Å². The predicted molar refractivity (Wildman–Crippen MR) is 166 cm³/mol. The van der Waals surface area contributed by atoms with Crippen LogP contribution >= 0.6 is 0 Å². The number of ether oxygens (including phenoxy) is 1. The van der Waals surface area contributed by atoms with Crippen LogP contribution in [0, 0.1) is 18.8 Å². The van der Waals surface area contributed by atoms with Crippen molar-refractivity contribution in [2.24, 2.45) is 11.8 Å². The first-order valence-corrected chi connectivity index (χ1v) is 17.4. The summed E-state index contributed by atoms with van der Waals surface area (Å²) in [6, 6.07) is 26.4. The van der Waals surface area contributed by atoms with Gasteiger partial charge in [-0.3, -0.25) is 0 Å². The minimum atomic E-state index is -4.14. The first-order chi connectivity index (χ1) is 19.3. The van der Waals surface area contributed by atoms with E-state index in [1.165, 1.54) is 28.6 Å². The zero-order valence-corrected chi connectivity index (χ0v) is 26.6. The van der Waals surface area contributed by atoms with Crippen LogP contribution in [0.25, 0.3) is 0 Å².